The number of rotatable bonds is 9. The fourth-order valence-electron chi connectivity index (χ4n) is 3.33. The first-order valence-electron chi connectivity index (χ1n) is 11.1. The van der Waals surface area contributed by atoms with Gasteiger partial charge in [-0.3, -0.25) is 4.79 Å². The van der Waals surface area contributed by atoms with Gasteiger partial charge in [-0.15, -0.1) is 0 Å². The van der Waals surface area contributed by atoms with Gasteiger partial charge < -0.3 is 15.2 Å². The van der Waals surface area contributed by atoms with Crippen LogP contribution < -0.4 is 10.1 Å². The van der Waals surface area contributed by atoms with Crippen molar-refractivity contribution in [3.05, 3.63) is 89.5 Å². The highest BCUT2D eigenvalue weighted by Crippen LogP contribution is 2.36. The van der Waals surface area contributed by atoms with E-state index in [4.69, 9.17) is 4.74 Å². The zero-order valence-electron chi connectivity index (χ0n) is 19.9. The van der Waals surface area contributed by atoms with Crippen molar-refractivity contribution in [2.45, 2.75) is 54.8 Å². The van der Waals surface area contributed by atoms with Crippen LogP contribution >= 0.6 is 11.8 Å². The van der Waals surface area contributed by atoms with E-state index in [-0.39, 0.29) is 11.6 Å². The molecular formula is C27H26F3NO4S. The first-order chi connectivity index (χ1) is 16.8. The molecule has 2 N–H and O–H groups in total. The lowest BCUT2D eigenvalue weighted by Gasteiger charge is -2.22. The van der Waals surface area contributed by atoms with Crippen molar-refractivity contribution in [1.82, 2.24) is 5.32 Å². The van der Waals surface area contributed by atoms with Crippen LogP contribution in [0.5, 0.6) is 5.75 Å². The third kappa shape index (κ3) is 7.27. The molecule has 190 valence electrons. The van der Waals surface area contributed by atoms with Crippen molar-refractivity contribution in [2.24, 2.45) is 0 Å². The van der Waals surface area contributed by atoms with Crippen molar-refractivity contribution < 1.29 is 32.6 Å². The Hall–Kier alpha value is -3.46. The number of carboxylic acids is 1. The second-order valence-electron chi connectivity index (χ2n) is 8.76. The molecule has 3 rings (SSSR count). The molecule has 0 spiro atoms. The van der Waals surface area contributed by atoms with Crippen molar-refractivity contribution in [2.75, 3.05) is 0 Å². The summed E-state index contributed by atoms with van der Waals surface area (Å²) in [5, 5.41) is 12.0. The highest BCUT2D eigenvalue weighted by Gasteiger charge is 2.32. The standard InChI is InChI=1S/C27H26F3NO4S/c1-17(15-18-9-12-20(13-10-18)35-26(2,3)25(33)34)31-24(32)22-16-19(27(28,29)30)11-14-23(22)36-21-7-5-4-6-8-21/h4-14,16-17H,15H2,1-3H3,(H,31,32)(H,33,34). The Kier molecular flexibility index (Phi) is 8.35. The summed E-state index contributed by atoms with van der Waals surface area (Å²) in [5.74, 6) is -1.31. The van der Waals surface area contributed by atoms with E-state index in [0.29, 0.717) is 17.1 Å². The number of benzene rings is 3. The smallest absolute Gasteiger partial charge is 0.416 e. The maximum atomic E-state index is 13.3. The Bertz CT molecular complexity index is 1210. The number of aliphatic carboxylic acids is 1. The van der Waals surface area contributed by atoms with Gasteiger partial charge in [-0.2, -0.15) is 13.2 Å². The quantitative estimate of drug-likeness (QED) is 0.341. The van der Waals surface area contributed by atoms with E-state index in [1.807, 2.05) is 30.3 Å². The SMILES string of the molecule is CC(Cc1ccc(OC(C)(C)C(=O)O)cc1)NC(=O)c1cc(C(F)(F)F)ccc1Sc1ccccc1. The second kappa shape index (κ2) is 11.1. The molecule has 3 aromatic rings. The maximum Gasteiger partial charge on any atom is 0.416 e. The van der Waals surface area contributed by atoms with Gasteiger partial charge in [-0.1, -0.05) is 42.1 Å². The Morgan fingerprint density at radius 3 is 2.22 bits per heavy atom. The van der Waals surface area contributed by atoms with E-state index in [1.54, 1.807) is 31.2 Å². The minimum atomic E-state index is -4.57. The number of carbonyl (C=O) groups is 2. The molecule has 0 saturated heterocycles. The van der Waals surface area contributed by atoms with Gasteiger partial charge in [0.25, 0.3) is 5.91 Å². The molecule has 0 aliphatic heterocycles. The molecule has 0 fully saturated rings. The Labute approximate surface area is 211 Å². The number of hydrogen-bond acceptors (Lipinski definition) is 4. The summed E-state index contributed by atoms with van der Waals surface area (Å²) in [6, 6.07) is 18.6. The van der Waals surface area contributed by atoms with Gasteiger partial charge >= 0.3 is 12.1 Å². The number of ether oxygens (including phenoxy) is 1. The molecule has 0 bridgehead atoms. The van der Waals surface area contributed by atoms with Gasteiger partial charge in [0.1, 0.15) is 5.75 Å². The zero-order chi connectivity index (χ0) is 26.5. The molecule has 0 heterocycles. The molecule has 3 aromatic carbocycles. The summed E-state index contributed by atoms with van der Waals surface area (Å²) >= 11 is 1.22. The fraction of sp³-hybridized carbons (Fsp3) is 0.259. The topological polar surface area (TPSA) is 75.6 Å². The summed E-state index contributed by atoms with van der Waals surface area (Å²) in [4.78, 5) is 25.5. The van der Waals surface area contributed by atoms with Gasteiger partial charge in [0.05, 0.1) is 11.1 Å². The lowest BCUT2D eigenvalue weighted by molar-refractivity contribution is -0.152. The van der Waals surface area contributed by atoms with Crippen LogP contribution in [0.4, 0.5) is 13.2 Å². The monoisotopic (exact) mass is 517 g/mol. The number of carboxylic acid groups (broad SMARTS) is 1. The highest BCUT2D eigenvalue weighted by atomic mass is 32.2. The van der Waals surface area contributed by atoms with E-state index >= 15 is 0 Å². The molecule has 1 atom stereocenters. The normalized spacial score (nSPS) is 12.6. The van der Waals surface area contributed by atoms with Crippen LogP contribution in [0, 0.1) is 0 Å². The molecule has 36 heavy (non-hydrogen) atoms. The van der Waals surface area contributed by atoms with Crippen LogP contribution in [-0.4, -0.2) is 28.6 Å². The van der Waals surface area contributed by atoms with Gasteiger partial charge in [0, 0.05) is 15.8 Å². The average molecular weight is 518 g/mol. The van der Waals surface area contributed by atoms with Gasteiger partial charge in [0.2, 0.25) is 0 Å². The molecule has 9 heteroatoms. The van der Waals surface area contributed by atoms with Crippen molar-refractivity contribution >= 4 is 23.6 Å². The maximum absolute atomic E-state index is 13.3. The minimum Gasteiger partial charge on any atom is -0.478 e. The summed E-state index contributed by atoms with van der Waals surface area (Å²) in [5.41, 5.74) is -1.49. The summed E-state index contributed by atoms with van der Waals surface area (Å²) in [7, 11) is 0. The molecule has 0 radical (unpaired) electrons. The number of halogens is 3. The van der Waals surface area contributed by atoms with Crippen LogP contribution in [-0.2, 0) is 17.4 Å². The predicted octanol–water partition coefficient (Wildman–Crippen LogP) is 6.46. The minimum absolute atomic E-state index is 0.0508. The summed E-state index contributed by atoms with van der Waals surface area (Å²) in [6.45, 7) is 4.64. The van der Waals surface area contributed by atoms with Gasteiger partial charge in [-0.05, 0) is 75.2 Å². The van der Waals surface area contributed by atoms with Crippen molar-refractivity contribution in [3.63, 3.8) is 0 Å². The first kappa shape index (κ1) is 27.1. The Morgan fingerprint density at radius 1 is 1.00 bits per heavy atom. The largest absolute Gasteiger partial charge is 0.478 e. The predicted molar refractivity (Wildman–Crippen MR) is 131 cm³/mol. The van der Waals surface area contributed by atoms with E-state index in [9.17, 15) is 27.9 Å². The Morgan fingerprint density at radius 2 is 1.64 bits per heavy atom. The van der Waals surface area contributed by atoms with E-state index in [1.165, 1.54) is 31.7 Å². The van der Waals surface area contributed by atoms with Gasteiger partial charge in [0.15, 0.2) is 5.60 Å². The zero-order valence-corrected chi connectivity index (χ0v) is 20.7. The number of nitrogens with one attached hydrogen (secondary N) is 1. The van der Waals surface area contributed by atoms with Crippen LogP contribution in [0.25, 0.3) is 0 Å². The fourth-order valence-corrected chi connectivity index (χ4v) is 4.27. The Balaban J connectivity index is 1.73. The van der Waals surface area contributed by atoms with Crippen molar-refractivity contribution in [3.8, 4) is 5.75 Å². The molecule has 5 nitrogen and oxygen atoms in total. The molecule has 0 aliphatic rings. The molecule has 1 unspecified atom stereocenters. The molecule has 1 amide bonds. The van der Waals surface area contributed by atoms with Crippen LogP contribution in [0.2, 0.25) is 0 Å². The third-order valence-corrected chi connectivity index (χ3v) is 6.34. The number of hydrogen-bond donors (Lipinski definition) is 2. The average Bonchev–Trinajstić information content (AvgIpc) is 2.80. The lowest BCUT2D eigenvalue weighted by Crippen LogP contribution is -2.37. The van der Waals surface area contributed by atoms with Crippen LogP contribution in [0.1, 0.15) is 42.3 Å². The summed E-state index contributed by atoms with van der Waals surface area (Å²) in [6.07, 6.45) is -4.16. The van der Waals surface area contributed by atoms with Crippen molar-refractivity contribution in [1.29, 1.82) is 0 Å². The number of carbonyl (C=O) groups excluding carboxylic acids is 1. The van der Waals surface area contributed by atoms with Gasteiger partial charge in [-0.25, -0.2) is 4.79 Å². The van der Waals surface area contributed by atoms with E-state index in [0.717, 1.165) is 22.6 Å². The highest BCUT2D eigenvalue weighted by molar-refractivity contribution is 7.99. The van der Waals surface area contributed by atoms with E-state index in [2.05, 4.69) is 5.32 Å². The van der Waals surface area contributed by atoms with E-state index < -0.39 is 29.2 Å². The number of amides is 1. The lowest BCUT2D eigenvalue weighted by atomic mass is 10.1. The third-order valence-electron chi connectivity index (χ3n) is 5.25. The molecule has 0 aliphatic carbocycles. The van der Waals surface area contributed by atoms with Crippen LogP contribution in [0.15, 0.2) is 82.6 Å². The number of alkyl halides is 3. The molecule has 0 saturated carbocycles. The first-order valence-corrected chi connectivity index (χ1v) is 11.9. The summed E-state index contributed by atoms with van der Waals surface area (Å²) < 4.78 is 45.5. The second-order valence-corrected chi connectivity index (χ2v) is 9.88. The molecule has 0 aromatic heterocycles. The molecular weight excluding hydrogens is 491 g/mol. The van der Waals surface area contributed by atoms with Crippen LogP contribution in [0.3, 0.4) is 0 Å².